The van der Waals surface area contributed by atoms with E-state index in [2.05, 4.69) is 4.98 Å². The van der Waals surface area contributed by atoms with Gasteiger partial charge in [0.2, 0.25) is 6.33 Å². The van der Waals surface area contributed by atoms with Gasteiger partial charge in [-0.05, 0) is 22.9 Å². The average molecular weight is 327 g/mol. The SMILES string of the molecule is C.CCOC(=O)C(c1ccc(F)cc1F)n1cnc([N+](=O)[O-])c1. The molecule has 2 aromatic rings. The van der Waals surface area contributed by atoms with E-state index in [1.807, 2.05) is 0 Å². The predicted molar refractivity (Wildman–Crippen MR) is 76.7 cm³/mol. The standard InChI is InChI=1S/C13H11F2N3O4.CH4/c1-2-22-13(19)12(9-4-3-8(14)5-10(9)15)17-6-11(16-7-17)18(20)21;/h3-7,12H,2H2,1H3;1H4. The van der Waals surface area contributed by atoms with Crippen molar-refractivity contribution in [1.29, 1.82) is 0 Å². The van der Waals surface area contributed by atoms with Crippen LogP contribution in [0.15, 0.2) is 30.7 Å². The Morgan fingerprint density at radius 1 is 1.48 bits per heavy atom. The summed E-state index contributed by atoms with van der Waals surface area (Å²) in [6, 6.07) is 1.35. The van der Waals surface area contributed by atoms with Gasteiger partial charge in [0.25, 0.3) is 0 Å². The maximum atomic E-state index is 13.9. The summed E-state index contributed by atoms with van der Waals surface area (Å²) in [5.41, 5.74) is -0.174. The maximum absolute atomic E-state index is 13.9. The molecule has 0 saturated carbocycles. The van der Waals surface area contributed by atoms with Crippen molar-refractivity contribution in [2.45, 2.75) is 20.4 Å². The van der Waals surface area contributed by atoms with Gasteiger partial charge in [-0.3, -0.25) is 4.57 Å². The Balaban J connectivity index is 0.00000264. The van der Waals surface area contributed by atoms with E-state index in [1.165, 1.54) is 0 Å². The van der Waals surface area contributed by atoms with Crippen molar-refractivity contribution in [3.05, 3.63) is 58.0 Å². The van der Waals surface area contributed by atoms with Crippen LogP contribution in [0.1, 0.15) is 26.0 Å². The molecule has 0 amide bonds. The molecule has 0 fully saturated rings. The highest BCUT2D eigenvalue weighted by Crippen LogP contribution is 2.25. The molecule has 7 nitrogen and oxygen atoms in total. The van der Waals surface area contributed by atoms with Gasteiger partial charge in [-0.2, -0.15) is 0 Å². The van der Waals surface area contributed by atoms with Gasteiger partial charge in [-0.1, -0.05) is 13.5 Å². The van der Waals surface area contributed by atoms with E-state index >= 15 is 0 Å². The van der Waals surface area contributed by atoms with Crippen molar-refractivity contribution < 1.29 is 23.2 Å². The van der Waals surface area contributed by atoms with Crippen LogP contribution in [0, 0.1) is 21.7 Å². The van der Waals surface area contributed by atoms with Gasteiger partial charge in [0, 0.05) is 11.6 Å². The third-order valence-corrected chi connectivity index (χ3v) is 2.84. The first kappa shape index (κ1) is 18.2. The lowest BCUT2D eigenvalue weighted by Crippen LogP contribution is -2.23. The molecule has 0 radical (unpaired) electrons. The topological polar surface area (TPSA) is 87.3 Å². The van der Waals surface area contributed by atoms with E-state index in [1.54, 1.807) is 6.92 Å². The Hall–Kier alpha value is -2.84. The number of ether oxygens (including phenoxy) is 1. The second kappa shape index (κ2) is 7.43. The molecule has 124 valence electrons. The van der Waals surface area contributed by atoms with Crippen molar-refractivity contribution in [3.63, 3.8) is 0 Å². The highest BCUT2D eigenvalue weighted by Gasteiger charge is 2.29. The van der Waals surface area contributed by atoms with Crippen LogP contribution in [0.5, 0.6) is 0 Å². The molecule has 0 saturated heterocycles. The number of carbonyl (C=O) groups is 1. The fourth-order valence-corrected chi connectivity index (χ4v) is 1.92. The molecule has 1 atom stereocenters. The first-order valence-electron chi connectivity index (χ1n) is 6.23. The molecule has 1 heterocycles. The Bertz CT molecular complexity index is 718. The molecule has 0 N–H and O–H groups in total. The summed E-state index contributed by atoms with van der Waals surface area (Å²) in [4.78, 5) is 25.5. The lowest BCUT2D eigenvalue weighted by molar-refractivity contribution is -0.389. The first-order chi connectivity index (χ1) is 10.4. The Morgan fingerprint density at radius 2 is 2.17 bits per heavy atom. The average Bonchev–Trinajstić information content (AvgIpc) is 2.91. The number of esters is 1. The fourth-order valence-electron chi connectivity index (χ4n) is 1.92. The van der Waals surface area contributed by atoms with Crippen molar-refractivity contribution in [2.24, 2.45) is 0 Å². The minimum Gasteiger partial charge on any atom is -0.464 e. The smallest absolute Gasteiger partial charge is 0.381 e. The van der Waals surface area contributed by atoms with Gasteiger partial charge in [0.05, 0.1) is 6.61 Å². The summed E-state index contributed by atoms with van der Waals surface area (Å²) in [6.07, 6.45) is 1.99. The molecule has 2 rings (SSSR count). The molecule has 23 heavy (non-hydrogen) atoms. The van der Waals surface area contributed by atoms with Crippen molar-refractivity contribution in [3.8, 4) is 0 Å². The van der Waals surface area contributed by atoms with Crippen LogP contribution < -0.4 is 0 Å². The van der Waals surface area contributed by atoms with Crippen LogP contribution in [0.2, 0.25) is 0 Å². The van der Waals surface area contributed by atoms with Gasteiger partial charge in [-0.15, -0.1) is 0 Å². The van der Waals surface area contributed by atoms with E-state index in [4.69, 9.17) is 4.74 Å². The molecule has 0 aliphatic rings. The molecule has 1 aromatic carbocycles. The van der Waals surface area contributed by atoms with Crippen molar-refractivity contribution in [2.75, 3.05) is 6.61 Å². The number of imidazole rings is 1. The third kappa shape index (κ3) is 3.87. The first-order valence-corrected chi connectivity index (χ1v) is 6.23. The summed E-state index contributed by atoms with van der Waals surface area (Å²) >= 11 is 0. The minimum atomic E-state index is -1.33. The molecule has 1 unspecified atom stereocenters. The number of halogens is 2. The number of aromatic nitrogens is 2. The van der Waals surface area contributed by atoms with Crippen LogP contribution in [0.25, 0.3) is 0 Å². The summed E-state index contributed by atoms with van der Waals surface area (Å²) in [7, 11) is 0. The number of nitro groups is 1. The molecule has 0 aliphatic heterocycles. The van der Waals surface area contributed by atoms with Gasteiger partial charge in [0.1, 0.15) is 17.8 Å². The Morgan fingerprint density at radius 3 is 2.70 bits per heavy atom. The highest BCUT2D eigenvalue weighted by molar-refractivity contribution is 5.78. The normalized spacial score (nSPS) is 11.4. The second-order valence-corrected chi connectivity index (χ2v) is 4.26. The quantitative estimate of drug-likeness (QED) is 0.479. The number of benzene rings is 1. The monoisotopic (exact) mass is 327 g/mol. The van der Waals surface area contributed by atoms with Gasteiger partial charge in [-0.25, -0.2) is 13.6 Å². The second-order valence-electron chi connectivity index (χ2n) is 4.26. The number of hydrogen-bond acceptors (Lipinski definition) is 5. The zero-order valence-corrected chi connectivity index (χ0v) is 11.4. The van der Waals surface area contributed by atoms with E-state index < -0.39 is 34.4 Å². The van der Waals surface area contributed by atoms with Crippen LogP contribution in [0.4, 0.5) is 14.6 Å². The predicted octanol–water partition coefficient (Wildman–Crippen LogP) is 2.86. The number of hydrogen-bond donors (Lipinski definition) is 0. The zero-order valence-electron chi connectivity index (χ0n) is 11.4. The van der Waals surface area contributed by atoms with Crippen molar-refractivity contribution in [1.82, 2.24) is 9.55 Å². The molecular weight excluding hydrogens is 312 g/mol. The maximum Gasteiger partial charge on any atom is 0.381 e. The van der Waals surface area contributed by atoms with Gasteiger partial charge < -0.3 is 14.9 Å². The van der Waals surface area contributed by atoms with Crippen LogP contribution >= 0.6 is 0 Å². The van der Waals surface area contributed by atoms with Crippen LogP contribution in [-0.4, -0.2) is 27.1 Å². The fraction of sp³-hybridized carbons (Fsp3) is 0.286. The summed E-state index contributed by atoms with van der Waals surface area (Å²) in [5, 5.41) is 10.7. The lowest BCUT2D eigenvalue weighted by atomic mass is 10.1. The van der Waals surface area contributed by atoms with E-state index in [-0.39, 0.29) is 19.6 Å². The van der Waals surface area contributed by atoms with E-state index in [0.717, 1.165) is 29.2 Å². The van der Waals surface area contributed by atoms with Gasteiger partial charge in [0.15, 0.2) is 6.04 Å². The largest absolute Gasteiger partial charge is 0.464 e. The molecule has 0 aliphatic carbocycles. The van der Waals surface area contributed by atoms with E-state index in [9.17, 15) is 23.7 Å². The molecule has 0 bridgehead atoms. The van der Waals surface area contributed by atoms with Crippen LogP contribution in [-0.2, 0) is 9.53 Å². The van der Waals surface area contributed by atoms with Gasteiger partial charge >= 0.3 is 11.8 Å². The zero-order chi connectivity index (χ0) is 16.3. The molecule has 9 heteroatoms. The number of rotatable bonds is 5. The summed E-state index contributed by atoms with van der Waals surface area (Å²) < 4.78 is 32.8. The number of carbonyl (C=O) groups excluding carboxylic acids is 1. The molecule has 0 spiro atoms. The third-order valence-electron chi connectivity index (χ3n) is 2.84. The summed E-state index contributed by atoms with van der Waals surface area (Å²) in [6.45, 7) is 1.60. The minimum absolute atomic E-state index is 0. The van der Waals surface area contributed by atoms with Crippen molar-refractivity contribution >= 4 is 11.8 Å². The molecule has 1 aromatic heterocycles. The van der Waals surface area contributed by atoms with Crippen LogP contribution in [0.3, 0.4) is 0 Å². The molecular formula is C14H15F2N3O4. The van der Waals surface area contributed by atoms with E-state index in [0.29, 0.717) is 6.07 Å². The Kier molecular flexibility index (Phi) is 5.88. The highest BCUT2D eigenvalue weighted by atomic mass is 19.1. The number of nitrogens with zero attached hydrogens (tertiary/aromatic N) is 3. The summed E-state index contributed by atoms with van der Waals surface area (Å²) in [5.74, 6) is -3.10. The Labute approximate surface area is 130 Å². The lowest BCUT2D eigenvalue weighted by Gasteiger charge is -2.16.